The highest BCUT2D eigenvalue weighted by molar-refractivity contribution is 6.69. The van der Waals surface area contributed by atoms with Crippen LogP contribution >= 0.6 is 0 Å². The lowest BCUT2D eigenvalue weighted by Gasteiger charge is -2.19. The van der Waals surface area contributed by atoms with Crippen molar-refractivity contribution >= 4 is 14.3 Å². The summed E-state index contributed by atoms with van der Waals surface area (Å²) in [5.74, 6) is -0.265. The lowest BCUT2D eigenvalue weighted by Crippen LogP contribution is -2.27. The van der Waals surface area contributed by atoms with Crippen LogP contribution in [0.1, 0.15) is 27.2 Å². The van der Waals surface area contributed by atoms with E-state index in [0.29, 0.717) is 165 Å². The van der Waals surface area contributed by atoms with Gasteiger partial charge in [0.15, 0.2) is 8.32 Å². The normalized spacial score (nSPS) is 12.2. The molecule has 0 N–H and O–H groups in total. The predicted octanol–water partition coefficient (Wildman–Crippen LogP) is 2.77. The van der Waals surface area contributed by atoms with E-state index < -0.39 is 13.9 Å². The van der Waals surface area contributed by atoms with Crippen molar-refractivity contribution in [3.8, 4) is 0 Å². The minimum absolute atomic E-state index is 0.231. The second-order valence-corrected chi connectivity index (χ2v) is 17.2. The Morgan fingerprint density at radius 1 is 0.360 bits per heavy atom. The molecule has 0 aromatic heterocycles. The number of hydrogen-bond acceptors (Lipinski definition) is 15. The average Bonchev–Trinajstić information content (AvgIpc) is 3.04. The molecule has 50 heavy (non-hydrogen) atoms. The van der Waals surface area contributed by atoms with Gasteiger partial charge in [0.2, 0.25) is 0 Å². The van der Waals surface area contributed by atoms with Crippen LogP contribution in [-0.2, 0) is 70.8 Å². The molecular weight excluding hydrogens is 676 g/mol. The minimum atomic E-state index is -1.46. The second kappa shape index (κ2) is 36.5. The summed E-state index contributed by atoms with van der Waals surface area (Å²) < 4.78 is 76.5. The van der Waals surface area contributed by atoms with E-state index >= 15 is 0 Å². The zero-order valence-corrected chi connectivity index (χ0v) is 33.0. The third-order valence-corrected chi connectivity index (χ3v) is 6.80. The maximum Gasteiger partial charge on any atom is 0.308 e. The standard InChI is InChI=1S/C34H70O15Si/c1-34(2,3)49-33(35)7-8-36-9-10-37-11-12-38-13-14-39-15-16-40-17-18-41-19-20-42-21-22-43-23-24-44-25-26-45-27-28-46-29-30-47-31-32-48-50(4,5)6/h7-32H2,1-6H3. The lowest BCUT2D eigenvalue weighted by molar-refractivity contribution is -0.156. The maximum atomic E-state index is 11.6. The molecule has 15 nitrogen and oxygen atoms in total. The Labute approximate surface area is 302 Å². The molecule has 0 bridgehead atoms. The summed E-state index contributed by atoms with van der Waals surface area (Å²) in [5, 5.41) is 0. The Balaban J connectivity index is 3.11. The molecule has 0 unspecified atom stereocenters. The molecule has 0 rings (SSSR count). The van der Waals surface area contributed by atoms with Gasteiger partial charge in [-0.1, -0.05) is 0 Å². The quantitative estimate of drug-likeness (QED) is 0.0514. The van der Waals surface area contributed by atoms with E-state index in [1.54, 1.807) is 0 Å². The minimum Gasteiger partial charge on any atom is -0.460 e. The zero-order valence-electron chi connectivity index (χ0n) is 32.0. The maximum absolute atomic E-state index is 11.6. The first-order valence-corrected chi connectivity index (χ1v) is 21.3. The molecule has 0 saturated heterocycles. The summed E-state index contributed by atoms with van der Waals surface area (Å²) in [6, 6.07) is 0. The van der Waals surface area contributed by atoms with Crippen LogP contribution in [0.2, 0.25) is 19.6 Å². The third kappa shape index (κ3) is 45.2. The van der Waals surface area contributed by atoms with E-state index in [0.717, 1.165) is 0 Å². The van der Waals surface area contributed by atoms with Gasteiger partial charge in [-0.05, 0) is 40.4 Å². The monoisotopic (exact) mass is 746 g/mol. The van der Waals surface area contributed by atoms with Crippen LogP contribution in [0.25, 0.3) is 0 Å². The molecule has 16 heteroatoms. The van der Waals surface area contributed by atoms with E-state index in [-0.39, 0.29) is 12.4 Å². The van der Waals surface area contributed by atoms with Crippen molar-refractivity contribution in [1.29, 1.82) is 0 Å². The van der Waals surface area contributed by atoms with Gasteiger partial charge in [0, 0.05) is 0 Å². The van der Waals surface area contributed by atoms with Crippen molar-refractivity contribution in [2.45, 2.75) is 52.4 Å². The Morgan fingerprint density at radius 3 is 0.760 bits per heavy atom. The fraction of sp³-hybridized carbons (Fsp3) is 0.971. The van der Waals surface area contributed by atoms with Crippen LogP contribution in [0.5, 0.6) is 0 Å². The fourth-order valence-corrected chi connectivity index (χ4v) is 4.17. The van der Waals surface area contributed by atoms with Gasteiger partial charge in [-0.15, -0.1) is 0 Å². The van der Waals surface area contributed by atoms with E-state index in [2.05, 4.69) is 19.6 Å². The molecule has 0 aromatic carbocycles. The Bertz CT molecular complexity index is 707. The molecule has 0 spiro atoms. The van der Waals surface area contributed by atoms with E-state index in [1.807, 2.05) is 20.8 Å². The van der Waals surface area contributed by atoms with Crippen LogP contribution < -0.4 is 0 Å². The van der Waals surface area contributed by atoms with Gasteiger partial charge in [-0.3, -0.25) is 4.79 Å². The molecular formula is C34H70O15Si. The Morgan fingerprint density at radius 2 is 0.560 bits per heavy atom. The predicted molar refractivity (Wildman–Crippen MR) is 190 cm³/mol. The Hall–Kier alpha value is -0.833. The first-order valence-electron chi connectivity index (χ1n) is 17.9. The van der Waals surface area contributed by atoms with Crippen LogP contribution in [0.15, 0.2) is 0 Å². The van der Waals surface area contributed by atoms with E-state index in [1.165, 1.54) is 0 Å². The highest BCUT2D eigenvalue weighted by atomic mass is 28.4. The first-order chi connectivity index (χ1) is 24.1. The van der Waals surface area contributed by atoms with Gasteiger partial charge in [-0.2, -0.15) is 0 Å². The molecule has 0 fully saturated rings. The zero-order chi connectivity index (χ0) is 36.9. The summed E-state index contributed by atoms with van der Waals surface area (Å²) in [5.41, 5.74) is -0.475. The molecule has 0 radical (unpaired) electrons. The Kier molecular flexibility index (Phi) is 35.9. The molecule has 0 aromatic rings. The highest BCUT2D eigenvalue weighted by Crippen LogP contribution is 2.08. The van der Waals surface area contributed by atoms with Gasteiger partial charge in [0.25, 0.3) is 0 Å². The van der Waals surface area contributed by atoms with Crippen LogP contribution in [0, 0.1) is 0 Å². The highest BCUT2D eigenvalue weighted by Gasteiger charge is 2.15. The molecule has 0 atom stereocenters. The SMILES string of the molecule is CC(C)(C)OC(=O)CCOCCOCCOCCOCCOCCOCCOCCOCCOCCOCCOCCOCCO[Si](C)(C)C. The van der Waals surface area contributed by atoms with Gasteiger partial charge < -0.3 is 66.0 Å². The van der Waals surface area contributed by atoms with Gasteiger partial charge >= 0.3 is 5.97 Å². The van der Waals surface area contributed by atoms with Crippen LogP contribution in [-0.4, -0.2) is 185 Å². The van der Waals surface area contributed by atoms with Crippen molar-refractivity contribution in [2.75, 3.05) is 165 Å². The van der Waals surface area contributed by atoms with Crippen molar-refractivity contribution < 1.29 is 70.8 Å². The summed E-state index contributed by atoms with van der Waals surface area (Å²) in [6.45, 7) is 24.5. The number of carbonyl (C=O) groups excluding carboxylic acids is 1. The van der Waals surface area contributed by atoms with Crippen molar-refractivity contribution in [1.82, 2.24) is 0 Å². The molecule has 0 aliphatic carbocycles. The number of rotatable bonds is 40. The largest absolute Gasteiger partial charge is 0.460 e. The summed E-state index contributed by atoms with van der Waals surface area (Å²) in [7, 11) is -1.46. The molecule has 0 aliphatic heterocycles. The second-order valence-electron chi connectivity index (χ2n) is 12.6. The molecule has 0 heterocycles. The lowest BCUT2D eigenvalue weighted by atomic mass is 10.2. The topological polar surface area (TPSA) is 146 Å². The fourth-order valence-electron chi connectivity index (χ4n) is 3.48. The summed E-state index contributed by atoms with van der Waals surface area (Å²) >= 11 is 0. The molecule has 0 amide bonds. The van der Waals surface area contributed by atoms with E-state index in [9.17, 15) is 4.79 Å². The number of carbonyl (C=O) groups is 1. The number of esters is 1. The number of hydrogen-bond donors (Lipinski definition) is 0. The molecule has 300 valence electrons. The van der Waals surface area contributed by atoms with Gasteiger partial charge in [0.05, 0.1) is 172 Å². The van der Waals surface area contributed by atoms with Gasteiger partial charge in [-0.25, -0.2) is 0 Å². The average molecular weight is 747 g/mol. The van der Waals surface area contributed by atoms with Crippen molar-refractivity contribution in [3.63, 3.8) is 0 Å². The summed E-state index contributed by atoms with van der Waals surface area (Å²) in [4.78, 5) is 11.6. The van der Waals surface area contributed by atoms with Crippen LogP contribution in [0.4, 0.5) is 0 Å². The first kappa shape index (κ1) is 49.2. The smallest absolute Gasteiger partial charge is 0.308 e. The van der Waals surface area contributed by atoms with Crippen LogP contribution in [0.3, 0.4) is 0 Å². The van der Waals surface area contributed by atoms with Crippen molar-refractivity contribution in [2.24, 2.45) is 0 Å². The molecule has 0 aliphatic rings. The van der Waals surface area contributed by atoms with Gasteiger partial charge in [0.1, 0.15) is 5.60 Å². The van der Waals surface area contributed by atoms with Crippen molar-refractivity contribution in [3.05, 3.63) is 0 Å². The summed E-state index contributed by atoms with van der Waals surface area (Å²) in [6.07, 6.45) is 0.231. The number of ether oxygens (including phenoxy) is 13. The molecule has 0 saturated carbocycles. The van der Waals surface area contributed by atoms with E-state index in [4.69, 9.17) is 66.0 Å². The third-order valence-electron chi connectivity index (χ3n) is 5.73.